The van der Waals surface area contributed by atoms with E-state index in [9.17, 15) is 4.79 Å². The normalized spacial score (nSPS) is 14.7. The van der Waals surface area contributed by atoms with Crippen LogP contribution in [0.25, 0.3) is 0 Å². The zero-order valence-electron chi connectivity index (χ0n) is 12.4. The van der Waals surface area contributed by atoms with Crippen LogP contribution in [0.2, 0.25) is 10.0 Å². The Labute approximate surface area is 144 Å². The molecule has 23 heavy (non-hydrogen) atoms. The molecule has 0 spiro atoms. The van der Waals surface area contributed by atoms with Crippen LogP contribution in [0.3, 0.4) is 0 Å². The molecule has 1 aromatic carbocycles. The number of nitrogens with zero attached hydrogens (tertiary/aromatic N) is 2. The summed E-state index contributed by atoms with van der Waals surface area (Å²) in [7, 11) is 0. The third kappa shape index (κ3) is 4.12. The van der Waals surface area contributed by atoms with E-state index in [1.54, 1.807) is 18.2 Å². The first kappa shape index (κ1) is 16.0. The van der Waals surface area contributed by atoms with Gasteiger partial charge in [-0.05, 0) is 31.0 Å². The van der Waals surface area contributed by atoms with Gasteiger partial charge in [-0.2, -0.15) is 0 Å². The van der Waals surface area contributed by atoms with E-state index < -0.39 is 0 Å². The number of carbonyl (C=O) groups is 1. The van der Waals surface area contributed by atoms with E-state index in [1.165, 1.54) is 25.2 Å². The number of aromatic nitrogens is 2. The zero-order chi connectivity index (χ0) is 16.2. The number of halogens is 2. The lowest BCUT2D eigenvalue weighted by atomic mass is 10.2. The number of hydrogen-bond acceptors (Lipinski definition) is 4. The molecule has 2 aromatic rings. The van der Waals surface area contributed by atoms with Gasteiger partial charge in [-0.25, -0.2) is 9.97 Å². The van der Waals surface area contributed by atoms with Crippen LogP contribution in [0.4, 0.5) is 11.6 Å². The molecule has 1 aliphatic rings. The van der Waals surface area contributed by atoms with Gasteiger partial charge in [0.15, 0.2) is 0 Å². The maximum absolute atomic E-state index is 12.2. The van der Waals surface area contributed by atoms with Crippen LogP contribution in [0.5, 0.6) is 0 Å². The number of hydrogen-bond donors (Lipinski definition) is 2. The molecule has 5 nitrogen and oxygen atoms in total. The molecule has 0 saturated heterocycles. The average molecular weight is 351 g/mol. The number of nitrogens with one attached hydrogen (secondary N) is 2. The molecule has 0 radical (unpaired) electrons. The predicted octanol–water partition coefficient (Wildman–Crippen LogP) is 4.39. The number of benzene rings is 1. The highest BCUT2D eigenvalue weighted by Crippen LogP contribution is 2.26. The van der Waals surface area contributed by atoms with Crippen molar-refractivity contribution in [3.8, 4) is 0 Å². The first-order chi connectivity index (χ1) is 11.1. The molecule has 0 bridgehead atoms. The molecule has 1 heterocycles. The molecule has 2 N–H and O–H groups in total. The molecule has 1 aromatic heterocycles. The van der Waals surface area contributed by atoms with E-state index >= 15 is 0 Å². The third-order valence-corrected chi connectivity index (χ3v) is 4.34. The van der Waals surface area contributed by atoms with Gasteiger partial charge in [0.05, 0.1) is 16.3 Å². The maximum atomic E-state index is 12.2. The average Bonchev–Trinajstić information content (AvgIpc) is 3.04. The monoisotopic (exact) mass is 350 g/mol. The van der Waals surface area contributed by atoms with Crippen molar-refractivity contribution in [3.63, 3.8) is 0 Å². The molecule has 1 aliphatic carbocycles. The summed E-state index contributed by atoms with van der Waals surface area (Å²) in [5.74, 6) is 0.218. The second-order valence-electron chi connectivity index (χ2n) is 5.50. The predicted molar refractivity (Wildman–Crippen MR) is 92.3 cm³/mol. The van der Waals surface area contributed by atoms with Crippen LogP contribution >= 0.6 is 23.2 Å². The standard InChI is InChI=1S/C16H16Cl2N4O/c17-11-5-6-13(18)14(7-11)22-15(23)10-8-19-16(20-9-10)21-12-3-1-2-4-12/h5-9,12H,1-4H2,(H,22,23)(H,19,20,21). The van der Waals surface area contributed by atoms with Crippen molar-refractivity contribution < 1.29 is 4.79 Å². The Balaban J connectivity index is 1.66. The van der Waals surface area contributed by atoms with Gasteiger partial charge in [-0.1, -0.05) is 36.0 Å². The third-order valence-electron chi connectivity index (χ3n) is 3.78. The number of rotatable bonds is 4. The molecule has 1 amide bonds. The lowest BCUT2D eigenvalue weighted by molar-refractivity contribution is 0.102. The second-order valence-corrected chi connectivity index (χ2v) is 6.34. The fourth-order valence-corrected chi connectivity index (χ4v) is 2.90. The summed E-state index contributed by atoms with van der Waals surface area (Å²) >= 11 is 11.9. The van der Waals surface area contributed by atoms with Crippen LogP contribution in [-0.4, -0.2) is 21.9 Å². The van der Waals surface area contributed by atoms with Crippen molar-refractivity contribution in [2.24, 2.45) is 0 Å². The van der Waals surface area contributed by atoms with Gasteiger partial charge in [0.2, 0.25) is 5.95 Å². The lowest BCUT2D eigenvalue weighted by Crippen LogP contribution is -2.18. The van der Waals surface area contributed by atoms with Gasteiger partial charge < -0.3 is 10.6 Å². The van der Waals surface area contributed by atoms with E-state index in [-0.39, 0.29) is 5.91 Å². The molecule has 0 atom stereocenters. The fraction of sp³-hybridized carbons (Fsp3) is 0.312. The van der Waals surface area contributed by atoms with E-state index in [1.807, 2.05) is 0 Å². The van der Waals surface area contributed by atoms with Crippen LogP contribution in [-0.2, 0) is 0 Å². The Kier molecular flexibility index (Phi) is 4.98. The van der Waals surface area contributed by atoms with E-state index in [0.717, 1.165) is 12.8 Å². The van der Waals surface area contributed by atoms with Crippen molar-refractivity contribution in [2.45, 2.75) is 31.7 Å². The highest BCUT2D eigenvalue weighted by atomic mass is 35.5. The minimum atomic E-state index is -0.332. The first-order valence-corrected chi connectivity index (χ1v) is 8.22. The Morgan fingerprint density at radius 1 is 1.13 bits per heavy atom. The van der Waals surface area contributed by atoms with Crippen LogP contribution in [0.1, 0.15) is 36.0 Å². The Bertz CT molecular complexity index is 700. The molecule has 1 saturated carbocycles. The molecular weight excluding hydrogens is 335 g/mol. The molecule has 1 fully saturated rings. The first-order valence-electron chi connectivity index (χ1n) is 7.47. The Hall–Kier alpha value is -1.85. The second kappa shape index (κ2) is 7.15. The summed E-state index contributed by atoms with van der Waals surface area (Å²) in [4.78, 5) is 20.6. The molecule has 3 rings (SSSR count). The molecular formula is C16H16Cl2N4O. The summed E-state index contributed by atoms with van der Waals surface area (Å²) in [6.07, 6.45) is 7.74. The van der Waals surface area contributed by atoms with E-state index in [2.05, 4.69) is 20.6 Å². The number of carbonyl (C=O) groups excluding carboxylic acids is 1. The molecule has 7 heteroatoms. The van der Waals surface area contributed by atoms with Crippen LogP contribution in [0, 0.1) is 0 Å². The molecule has 120 valence electrons. The van der Waals surface area contributed by atoms with Gasteiger partial charge in [-0.3, -0.25) is 4.79 Å². The maximum Gasteiger partial charge on any atom is 0.258 e. The van der Waals surface area contributed by atoms with Gasteiger partial charge in [0.25, 0.3) is 5.91 Å². The number of anilines is 2. The van der Waals surface area contributed by atoms with Crippen molar-refractivity contribution in [3.05, 3.63) is 46.2 Å². The summed E-state index contributed by atoms with van der Waals surface area (Å²) in [5, 5.41) is 6.90. The Morgan fingerprint density at radius 2 is 1.83 bits per heavy atom. The molecule has 0 unspecified atom stereocenters. The summed E-state index contributed by atoms with van der Waals surface area (Å²) in [6, 6.07) is 5.31. The SMILES string of the molecule is O=C(Nc1cc(Cl)ccc1Cl)c1cnc(NC2CCCC2)nc1. The quantitative estimate of drug-likeness (QED) is 0.857. The van der Waals surface area contributed by atoms with Crippen LogP contribution in [0.15, 0.2) is 30.6 Å². The van der Waals surface area contributed by atoms with Crippen molar-refractivity contribution >= 4 is 40.7 Å². The van der Waals surface area contributed by atoms with Crippen molar-refractivity contribution in [1.82, 2.24) is 9.97 Å². The lowest BCUT2D eigenvalue weighted by Gasteiger charge is -2.11. The van der Waals surface area contributed by atoms with E-state index in [0.29, 0.717) is 33.3 Å². The minimum Gasteiger partial charge on any atom is -0.351 e. The topological polar surface area (TPSA) is 66.9 Å². The highest BCUT2D eigenvalue weighted by molar-refractivity contribution is 6.35. The largest absolute Gasteiger partial charge is 0.351 e. The van der Waals surface area contributed by atoms with Crippen LogP contribution < -0.4 is 10.6 Å². The zero-order valence-corrected chi connectivity index (χ0v) is 13.9. The van der Waals surface area contributed by atoms with Gasteiger partial charge in [0.1, 0.15) is 0 Å². The summed E-state index contributed by atoms with van der Waals surface area (Å²) in [5.41, 5.74) is 0.815. The highest BCUT2D eigenvalue weighted by Gasteiger charge is 2.16. The van der Waals surface area contributed by atoms with Gasteiger partial charge in [-0.15, -0.1) is 0 Å². The van der Waals surface area contributed by atoms with Crippen molar-refractivity contribution in [2.75, 3.05) is 10.6 Å². The smallest absolute Gasteiger partial charge is 0.258 e. The van der Waals surface area contributed by atoms with E-state index in [4.69, 9.17) is 23.2 Å². The summed E-state index contributed by atoms with van der Waals surface area (Å²) < 4.78 is 0. The van der Waals surface area contributed by atoms with Crippen molar-refractivity contribution in [1.29, 1.82) is 0 Å². The summed E-state index contributed by atoms with van der Waals surface area (Å²) in [6.45, 7) is 0. The minimum absolute atomic E-state index is 0.332. The molecule has 0 aliphatic heterocycles. The van der Waals surface area contributed by atoms with Gasteiger partial charge in [0, 0.05) is 23.5 Å². The van der Waals surface area contributed by atoms with Gasteiger partial charge >= 0.3 is 0 Å². The fourth-order valence-electron chi connectivity index (χ4n) is 2.56. The number of amides is 1. The Morgan fingerprint density at radius 3 is 2.52 bits per heavy atom.